The van der Waals surface area contributed by atoms with Gasteiger partial charge in [-0.25, -0.2) is 4.18 Å². The van der Waals surface area contributed by atoms with Gasteiger partial charge in [0, 0.05) is 13.2 Å². The number of hydrogen-bond donors (Lipinski definition) is 1. The summed E-state index contributed by atoms with van der Waals surface area (Å²) < 4.78 is 38.1. The second kappa shape index (κ2) is 28.3. The van der Waals surface area contributed by atoms with Crippen LogP contribution in [0.25, 0.3) is 0 Å². The van der Waals surface area contributed by atoms with E-state index in [1.807, 2.05) is 13.8 Å². The van der Waals surface area contributed by atoms with Crippen molar-refractivity contribution in [3.63, 3.8) is 0 Å². The Morgan fingerprint density at radius 1 is 0.690 bits per heavy atom. The van der Waals surface area contributed by atoms with E-state index >= 15 is 0 Å². The van der Waals surface area contributed by atoms with Crippen LogP contribution in [-0.2, 0) is 19.3 Å². The van der Waals surface area contributed by atoms with Crippen LogP contribution in [0, 0.1) is 0 Å². The van der Waals surface area contributed by atoms with E-state index in [9.17, 15) is 8.42 Å². The molecule has 7 heteroatoms. The number of allylic oxidation sites excluding steroid dienone is 2. The normalized spacial score (nSPS) is 11.2. The molecule has 0 bridgehead atoms. The van der Waals surface area contributed by atoms with E-state index in [2.05, 4.69) is 23.3 Å². The summed E-state index contributed by atoms with van der Waals surface area (Å²) in [5, 5.41) is 0. The zero-order valence-corrected chi connectivity index (χ0v) is 19.5. The highest BCUT2D eigenvalue weighted by Gasteiger charge is 2.02. The van der Waals surface area contributed by atoms with E-state index in [0.717, 1.165) is 26.1 Å². The molecule has 0 fully saturated rings. The van der Waals surface area contributed by atoms with Crippen molar-refractivity contribution in [2.45, 2.75) is 111 Å². The number of hydrogen-bond acceptors (Lipinski definition) is 4. The third-order valence-corrected chi connectivity index (χ3v) is 4.76. The molecule has 0 saturated heterocycles. The van der Waals surface area contributed by atoms with Crippen molar-refractivity contribution in [3.8, 4) is 0 Å². The van der Waals surface area contributed by atoms with Crippen LogP contribution in [0.5, 0.6) is 0 Å². The molecule has 1 N–H and O–H groups in total. The minimum atomic E-state index is -4.25. The van der Waals surface area contributed by atoms with Crippen LogP contribution < -0.4 is 0 Å². The van der Waals surface area contributed by atoms with Crippen LogP contribution in [0.1, 0.15) is 111 Å². The van der Waals surface area contributed by atoms with Gasteiger partial charge in [0.05, 0.1) is 6.61 Å². The molecule has 0 aliphatic heterocycles. The third kappa shape index (κ3) is 39.4. The molecule has 0 unspecified atom stereocenters. The summed E-state index contributed by atoms with van der Waals surface area (Å²) in [6.07, 6.45) is 21.5. The van der Waals surface area contributed by atoms with Gasteiger partial charge in [-0.3, -0.25) is 4.55 Å². The summed E-state index contributed by atoms with van der Waals surface area (Å²) in [4.78, 5) is 0. The summed E-state index contributed by atoms with van der Waals surface area (Å²) in [5.74, 6) is 0. The monoisotopic (exact) mass is 448 g/mol. The Morgan fingerprint density at radius 2 is 1.10 bits per heavy atom. The van der Waals surface area contributed by atoms with Crippen molar-refractivity contribution in [1.82, 2.24) is 0 Å². The van der Waals surface area contributed by atoms with E-state index in [4.69, 9.17) is 9.29 Å². The Balaban J connectivity index is -0.000000997. The first-order valence-corrected chi connectivity index (χ1v) is 12.7. The van der Waals surface area contributed by atoms with E-state index < -0.39 is 10.4 Å². The predicted molar refractivity (Wildman–Crippen MR) is 128 cm³/mol. The summed E-state index contributed by atoms with van der Waals surface area (Å²) in [6.45, 7) is 8.00. The Hall–Kier alpha value is 0.336. The fourth-order valence-electron chi connectivity index (χ4n) is 2.72. The van der Waals surface area contributed by atoms with Gasteiger partial charge in [-0.05, 0) is 46.0 Å². The van der Waals surface area contributed by atoms with Gasteiger partial charge in [0.1, 0.15) is 0 Å². The Kier molecular flexibility index (Phi) is 33.2. The minimum absolute atomic E-state index is 0. The zero-order valence-electron chi connectivity index (χ0n) is 18.7. The molecule has 0 heterocycles. The minimum Gasteiger partial charge on any atom is -0.382 e. The first-order valence-electron chi connectivity index (χ1n) is 11.3. The molecule has 0 spiro atoms. The van der Waals surface area contributed by atoms with Crippen LogP contribution in [0.15, 0.2) is 12.2 Å². The lowest BCUT2D eigenvalue weighted by Gasteiger charge is -2.01. The van der Waals surface area contributed by atoms with Crippen molar-refractivity contribution in [2.24, 2.45) is 0 Å². The van der Waals surface area contributed by atoms with Gasteiger partial charge in [0.2, 0.25) is 0 Å². The second-order valence-corrected chi connectivity index (χ2v) is 8.06. The lowest BCUT2D eigenvalue weighted by Crippen LogP contribution is -2.04. The van der Waals surface area contributed by atoms with Gasteiger partial charge in [-0.1, -0.05) is 76.9 Å². The molecule has 5 nitrogen and oxygen atoms in total. The van der Waals surface area contributed by atoms with Crippen molar-refractivity contribution in [3.05, 3.63) is 12.2 Å². The summed E-state index contributed by atoms with van der Waals surface area (Å²) in [5.41, 5.74) is 0. The average molecular weight is 449 g/mol. The highest BCUT2D eigenvalue weighted by molar-refractivity contribution is 7.80. The van der Waals surface area contributed by atoms with Gasteiger partial charge in [0.15, 0.2) is 0 Å². The van der Waals surface area contributed by atoms with E-state index in [0.29, 0.717) is 6.42 Å². The molecule has 0 aromatic carbocycles. The number of unbranched alkanes of at least 4 members (excludes halogenated alkanes) is 12. The predicted octanol–water partition coefficient (Wildman–Crippen LogP) is 5.97. The Labute approximate surface area is 197 Å². The average Bonchev–Trinajstić information content (AvgIpc) is 2.64. The molecule has 0 saturated carbocycles. The maximum absolute atomic E-state index is 10.3. The van der Waals surface area contributed by atoms with Crippen LogP contribution in [-0.4, -0.2) is 55.8 Å². The quantitative estimate of drug-likeness (QED) is 0.114. The summed E-state index contributed by atoms with van der Waals surface area (Å²) >= 11 is 0. The molecular weight excluding hydrogens is 401 g/mol. The highest BCUT2D eigenvalue weighted by Crippen LogP contribution is 2.10. The smallest absolute Gasteiger partial charge is 0.382 e. The number of ether oxygens (including phenoxy) is 1. The van der Waals surface area contributed by atoms with Gasteiger partial charge in [-0.15, -0.1) is 0 Å². The van der Waals surface area contributed by atoms with Crippen LogP contribution >= 0.6 is 0 Å². The SMILES string of the molecule is CCCCCCCC/C=C\CCCCCCCCOS(=O)(=O)O.CCOCC.[MgH2]. The molecule has 0 amide bonds. The van der Waals surface area contributed by atoms with Crippen LogP contribution in [0.2, 0.25) is 0 Å². The molecular formula is C22H48MgO5S. The largest absolute Gasteiger partial charge is 0.397 e. The fraction of sp³-hybridized carbons (Fsp3) is 0.909. The van der Waals surface area contributed by atoms with Gasteiger partial charge in [0.25, 0.3) is 0 Å². The molecule has 29 heavy (non-hydrogen) atoms. The molecule has 0 radical (unpaired) electrons. The maximum Gasteiger partial charge on any atom is 0.397 e. The first kappa shape index (κ1) is 34.0. The molecule has 0 rings (SSSR count). The van der Waals surface area contributed by atoms with E-state index in [1.54, 1.807) is 0 Å². The summed E-state index contributed by atoms with van der Waals surface area (Å²) in [6, 6.07) is 0. The Bertz CT molecular complexity index is 411. The van der Waals surface area contributed by atoms with E-state index in [-0.39, 0.29) is 29.7 Å². The lowest BCUT2D eigenvalue weighted by molar-refractivity contribution is 0.162. The lowest BCUT2D eigenvalue weighted by atomic mass is 10.1. The molecule has 0 aromatic rings. The molecule has 174 valence electrons. The van der Waals surface area contributed by atoms with Crippen molar-refractivity contribution in [1.29, 1.82) is 0 Å². The fourth-order valence-corrected chi connectivity index (χ4v) is 3.05. The molecule has 0 aliphatic rings. The number of rotatable bonds is 19. The van der Waals surface area contributed by atoms with Crippen molar-refractivity contribution in [2.75, 3.05) is 19.8 Å². The first-order chi connectivity index (χ1) is 13.5. The zero-order chi connectivity index (χ0) is 21.3. The van der Waals surface area contributed by atoms with Crippen LogP contribution in [0.3, 0.4) is 0 Å². The molecule has 0 atom stereocenters. The standard InChI is InChI=1S/C18H36O4S.C4H10O.Mg.2H/c1-2-3-4-5-6-7-8-9-10-11-12-13-14-15-16-17-18-22-23(19,20)21;1-3-5-4-2;;;/h9-10H,2-8,11-18H2,1H3,(H,19,20,21);3-4H2,1-2H3;;;/b10-9-;;;;. The second-order valence-electron chi connectivity index (χ2n) is 6.97. The van der Waals surface area contributed by atoms with Crippen LogP contribution in [0.4, 0.5) is 0 Å². The molecule has 0 aromatic heterocycles. The maximum atomic E-state index is 10.3. The van der Waals surface area contributed by atoms with E-state index in [1.165, 1.54) is 70.6 Å². The van der Waals surface area contributed by atoms with Gasteiger partial charge in [-0.2, -0.15) is 8.42 Å². The highest BCUT2D eigenvalue weighted by atomic mass is 32.3. The van der Waals surface area contributed by atoms with Crippen molar-refractivity contribution < 1.29 is 21.9 Å². The van der Waals surface area contributed by atoms with Gasteiger partial charge >= 0.3 is 33.5 Å². The van der Waals surface area contributed by atoms with Crippen molar-refractivity contribution >= 4 is 33.5 Å². The van der Waals surface area contributed by atoms with Gasteiger partial charge < -0.3 is 4.74 Å². The topological polar surface area (TPSA) is 72.8 Å². The summed E-state index contributed by atoms with van der Waals surface area (Å²) in [7, 11) is -4.25. The molecule has 0 aliphatic carbocycles. The Morgan fingerprint density at radius 3 is 1.48 bits per heavy atom. The third-order valence-electron chi connectivity index (χ3n) is 4.30.